The number of ether oxygens (including phenoxy) is 1. The normalized spacial score (nSPS) is 20.2. The molecule has 1 fully saturated rings. The lowest BCUT2D eigenvalue weighted by Crippen LogP contribution is -2.26. The van der Waals surface area contributed by atoms with Crippen LogP contribution in [0, 0.1) is 19.8 Å². The van der Waals surface area contributed by atoms with Crippen LogP contribution >= 0.6 is 0 Å². The number of esters is 1. The minimum atomic E-state index is -0.520. The summed E-state index contributed by atoms with van der Waals surface area (Å²) >= 11 is 0. The third-order valence-electron chi connectivity index (χ3n) is 4.20. The first-order chi connectivity index (χ1) is 11.1. The molecule has 0 spiro atoms. The lowest BCUT2D eigenvalue weighted by Gasteiger charge is -2.19. The van der Waals surface area contributed by atoms with Crippen molar-refractivity contribution in [3.63, 3.8) is 0 Å². The number of benzene rings is 2. The predicted octanol–water partition coefficient (Wildman–Crippen LogP) is 3.55. The number of carbonyl (C=O) groups is 2. The number of nitrogens with one attached hydrogen (secondary N) is 1. The van der Waals surface area contributed by atoms with Crippen molar-refractivity contribution in [3.8, 4) is 0 Å². The molecule has 2 aromatic rings. The van der Waals surface area contributed by atoms with Crippen LogP contribution in [0.2, 0.25) is 0 Å². The van der Waals surface area contributed by atoms with E-state index in [1.807, 2.05) is 62.4 Å². The SMILES string of the molecule is Cc1cccc(C)c1NC(=O)[C@@H]1CC(=O)O[C@@H]1c1ccccc1. The molecule has 0 aromatic heterocycles. The average molecular weight is 309 g/mol. The maximum absolute atomic E-state index is 12.7. The molecule has 0 unspecified atom stereocenters. The van der Waals surface area contributed by atoms with E-state index in [-0.39, 0.29) is 18.3 Å². The van der Waals surface area contributed by atoms with Gasteiger partial charge in [-0.15, -0.1) is 0 Å². The summed E-state index contributed by atoms with van der Waals surface area (Å²) in [6, 6.07) is 15.3. The van der Waals surface area contributed by atoms with Crippen LogP contribution < -0.4 is 5.32 Å². The van der Waals surface area contributed by atoms with Gasteiger partial charge in [0, 0.05) is 5.69 Å². The van der Waals surface area contributed by atoms with Crippen molar-refractivity contribution in [1.29, 1.82) is 0 Å². The van der Waals surface area contributed by atoms with Gasteiger partial charge in [-0.3, -0.25) is 9.59 Å². The predicted molar refractivity (Wildman–Crippen MR) is 87.9 cm³/mol. The van der Waals surface area contributed by atoms with Gasteiger partial charge < -0.3 is 10.1 Å². The number of amides is 1. The van der Waals surface area contributed by atoms with E-state index < -0.39 is 12.0 Å². The van der Waals surface area contributed by atoms with Gasteiger partial charge in [0.05, 0.1) is 12.3 Å². The number of hydrogen-bond donors (Lipinski definition) is 1. The van der Waals surface area contributed by atoms with Gasteiger partial charge in [-0.05, 0) is 30.5 Å². The molecule has 1 saturated heterocycles. The third kappa shape index (κ3) is 3.11. The van der Waals surface area contributed by atoms with Gasteiger partial charge in [0.2, 0.25) is 5.91 Å². The van der Waals surface area contributed by atoms with Gasteiger partial charge >= 0.3 is 5.97 Å². The van der Waals surface area contributed by atoms with Crippen molar-refractivity contribution in [2.45, 2.75) is 26.4 Å². The Kier molecular flexibility index (Phi) is 4.15. The molecule has 1 amide bonds. The molecule has 1 aliphatic rings. The van der Waals surface area contributed by atoms with Crippen molar-refractivity contribution < 1.29 is 14.3 Å². The Hall–Kier alpha value is -2.62. The number of para-hydroxylation sites is 1. The van der Waals surface area contributed by atoms with Crippen LogP contribution in [0.1, 0.15) is 29.2 Å². The van der Waals surface area contributed by atoms with E-state index in [0.29, 0.717) is 0 Å². The van der Waals surface area contributed by atoms with Gasteiger partial charge in [-0.1, -0.05) is 48.5 Å². The first-order valence-corrected chi connectivity index (χ1v) is 7.68. The number of rotatable bonds is 3. The highest BCUT2D eigenvalue weighted by atomic mass is 16.6. The van der Waals surface area contributed by atoms with Gasteiger partial charge in [-0.25, -0.2) is 0 Å². The molecule has 1 aliphatic heterocycles. The fourth-order valence-corrected chi connectivity index (χ4v) is 2.96. The van der Waals surface area contributed by atoms with Gasteiger partial charge in [0.25, 0.3) is 0 Å². The summed E-state index contributed by atoms with van der Waals surface area (Å²) in [5.74, 6) is -1.02. The van der Waals surface area contributed by atoms with Crippen LogP contribution in [-0.4, -0.2) is 11.9 Å². The average Bonchev–Trinajstić information content (AvgIpc) is 2.94. The van der Waals surface area contributed by atoms with E-state index in [1.165, 1.54) is 0 Å². The van der Waals surface area contributed by atoms with Crippen molar-refractivity contribution >= 4 is 17.6 Å². The summed E-state index contributed by atoms with van der Waals surface area (Å²) in [6.07, 6.45) is -0.413. The smallest absolute Gasteiger partial charge is 0.307 e. The van der Waals surface area contributed by atoms with Gasteiger partial charge in [0.1, 0.15) is 6.10 Å². The molecule has 1 heterocycles. The van der Waals surface area contributed by atoms with Crippen LogP contribution in [0.5, 0.6) is 0 Å². The maximum atomic E-state index is 12.7. The maximum Gasteiger partial charge on any atom is 0.307 e. The summed E-state index contributed by atoms with van der Waals surface area (Å²) in [5, 5.41) is 2.97. The summed E-state index contributed by atoms with van der Waals surface area (Å²) in [6.45, 7) is 3.90. The van der Waals surface area contributed by atoms with E-state index in [2.05, 4.69) is 5.32 Å². The number of aryl methyl sites for hydroxylation is 2. The summed E-state index contributed by atoms with van der Waals surface area (Å²) < 4.78 is 5.38. The molecule has 0 bridgehead atoms. The van der Waals surface area contributed by atoms with Gasteiger partial charge in [0.15, 0.2) is 0 Å². The molecule has 4 heteroatoms. The Morgan fingerprint density at radius 1 is 1.04 bits per heavy atom. The van der Waals surface area contributed by atoms with Crippen LogP contribution in [0.4, 0.5) is 5.69 Å². The molecule has 2 aromatic carbocycles. The first-order valence-electron chi connectivity index (χ1n) is 7.68. The van der Waals surface area contributed by atoms with E-state index in [4.69, 9.17) is 4.74 Å². The van der Waals surface area contributed by atoms with Crippen LogP contribution in [0.3, 0.4) is 0 Å². The van der Waals surface area contributed by atoms with Crippen molar-refractivity contribution in [2.75, 3.05) is 5.32 Å². The number of cyclic esters (lactones) is 1. The second-order valence-corrected chi connectivity index (χ2v) is 5.89. The summed E-state index contributed by atoms with van der Waals surface area (Å²) in [4.78, 5) is 24.4. The minimum Gasteiger partial charge on any atom is -0.457 e. The zero-order valence-electron chi connectivity index (χ0n) is 13.2. The lowest BCUT2D eigenvalue weighted by atomic mass is 9.94. The monoisotopic (exact) mass is 309 g/mol. The second-order valence-electron chi connectivity index (χ2n) is 5.89. The molecule has 3 rings (SSSR count). The first kappa shape index (κ1) is 15.3. The third-order valence-corrected chi connectivity index (χ3v) is 4.20. The Morgan fingerprint density at radius 3 is 2.35 bits per heavy atom. The summed E-state index contributed by atoms with van der Waals surface area (Å²) in [7, 11) is 0. The van der Waals surface area contributed by atoms with E-state index >= 15 is 0 Å². The zero-order valence-corrected chi connectivity index (χ0v) is 13.2. The van der Waals surface area contributed by atoms with Crippen molar-refractivity contribution in [1.82, 2.24) is 0 Å². The fourth-order valence-electron chi connectivity index (χ4n) is 2.96. The van der Waals surface area contributed by atoms with Crippen LogP contribution in [-0.2, 0) is 14.3 Å². The highest BCUT2D eigenvalue weighted by Crippen LogP contribution is 2.36. The number of carbonyl (C=O) groups excluding carboxylic acids is 2. The van der Waals surface area contributed by atoms with Crippen LogP contribution in [0.25, 0.3) is 0 Å². The molecule has 2 atom stereocenters. The summed E-state index contributed by atoms with van der Waals surface area (Å²) in [5.41, 5.74) is 3.66. The zero-order chi connectivity index (χ0) is 16.4. The quantitative estimate of drug-likeness (QED) is 0.882. The highest BCUT2D eigenvalue weighted by molar-refractivity contribution is 5.97. The Morgan fingerprint density at radius 2 is 1.70 bits per heavy atom. The van der Waals surface area contributed by atoms with E-state index in [9.17, 15) is 9.59 Å². The number of anilines is 1. The molecule has 1 N–H and O–H groups in total. The molecule has 23 heavy (non-hydrogen) atoms. The molecular formula is C19H19NO3. The minimum absolute atomic E-state index is 0.107. The van der Waals surface area contributed by atoms with Gasteiger partial charge in [-0.2, -0.15) is 0 Å². The Balaban J connectivity index is 1.84. The van der Waals surface area contributed by atoms with Crippen molar-refractivity contribution in [2.24, 2.45) is 5.92 Å². The molecule has 0 radical (unpaired) electrons. The topological polar surface area (TPSA) is 55.4 Å². The molecule has 4 nitrogen and oxygen atoms in total. The van der Waals surface area contributed by atoms with E-state index in [1.54, 1.807) is 0 Å². The lowest BCUT2D eigenvalue weighted by molar-refractivity contribution is -0.141. The Bertz CT molecular complexity index is 719. The fraction of sp³-hybridized carbons (Fsp3) is 0.263. The van der Waals surface area contributed by atoms with Crippen LogP contribution in [0.15, 0.2) is 48.5 Å². The Labute approximate surface area is 135 Å². The molecule has 0 saturated carbocycles. The van der Waals surface area contributed by atoms with Crippen molar-refractivity contribution in [3.05, 3.63) is 65.2 Å². The van der Waals surface area contributed by atoms with E-state index in [0.717, 1.165) is 22.4 Å². The standard InChI is InChI=1S/C19H19NO3/c1-12-7-6-8-13(2)17(12)20-19(22)15-11-16(21)23-18(15)14-9-4-3-5-10-14/h3-10,15,18H,11H2,1-2H3,(H,20,22)/t15-,18-/m1/s1. The highest BCUT2D eigenvalue weighted by Gasteiger charge is 2.40. The largest absolute Gasteiger partial charge is 0.457 e. The number of hydrogen-bond acceptors (Lipinski definition) is 3. The second kappa shape index (κ2) is 6.24. The molecule has 118 valence electrons. The molecule has 0 aliphatic carbocycles. The molecular weight excluding hydrogens is 290 g/mol.